The van der Waals surface area contributed by atoms with E-state index >= 15 is 0 Å². The van der Waals surface area contributed by atoms with E-state index in [0.29, 0.717) is 12.6 Å². The van der Waals surface area contributed by atoms with Gasteiger partial charge in [0.25, 0.3) is 0 Å². The van der Waals surface area contributed by atoms with Crippen LogP contribution in [0.3, 0.4) is 0 Å². The maximum Gasteiger partial charge on any atom is 0.123 e. The molecule has 1 atom stereocenters. The molecule has 20 heavy (non-hydrogen) atoms. The number of nitrogens with zero attached hydrogens (tertiary/aromatic N) is 1. The Hall–Kier alpha value is -1.10. The molecule has 2 rings (SSSR count). The lowest BCUT2D eigenvalue weighted by Gasteiger charge is -2.29. The van der Waals surface area contributed by atoms with Crippen LogP contribution in [0.4, 0.5) is 0 Å². The largest absolute Gasteiger partial charge is 0.496 e. The van der Waals surface area contributed by atoms with E-state index in [-0.39, 0.29) is 6.61 Å². The highest BCUT2D eigenvalue weighted by Gasteiger charge is 2.18. The minimum absolute atomic E-state index is 0.169. The highest BCUT2D eigenvalue weighted by atomic mass is 16.5. The Bertz CT molecular complexity index is 391. The molecule has 112 valence electrons. The summed E-state index contributed by atoms with van der Waals surface area (Å²) in [5.74, 6) is 0.903. The number of rotatable bonds is 7. The third-order valence-corrected chi connectivity index (χ3v) is 3.74. The van der Waals surface area contributed by atoms with Gasteiger partial charge in [-0.2, -0.15) is 0 Å². The van der Waals surface area contributed by atoms with Crippen LogP contribution in [-0.2, 0) is 11.3 Å². The Labute approximate surface area is 121 Å². The van der Waals surface area contributed by atoms with Crippen molar-refractivity contribution in [2.45, 2.75) is 31.9 Å². The van der Waals surface area contributed by atoms with Crippen LogP contribution in [-0.4, -0.2) is 49.5 Å². The number of methoxy groups -OCH3 is 1. The first-order valence-electron chi connectivity index (χ1n) is 7.40. The first kappa shape index (κ1) is 15.3. The van der Waals surface area contributed by atoms with Crippen LogP contribution in [0.1, 0.15) is 24.8 Å². The van der Waals surface area contributed by atoms with E-state index in [9.17, 15) is 5.11 Å². The van der Waals surface area contributed by atoms with Crippen LogP contribution in [0.25, 0.3) is 0 Å². The third-order valence-electron chi connectivity index (χ3n) is 3.74. The van der Waals surface area contributed by atoms with Crippen molar-refractivity contribution in [2.24, 2.45) is 0 Å². The Kier molecular flexibility index (Phi) is 6.30. The van der Waals surface area contributed by atoms with E-state index in [1.165, 1.54) is 12.8 Å². The molecule has 1 aromatic carbocycles. The van der Waals surface area contributed by atoms with Gasteiger partial charge in [0.15, 0.2) is 0 Å². The summed E-state index contributed by atoms with van der Waals surface area (Å²) in [6.45, 7) is 3.36. The second-order valence-electron chi connectivity index (χ2n) is 5.26. The van der Waals surface area contributed by atoms with Gasteiger partial charge in [0.2, 0.25) is 0 Å². The predicted octanol–water partition coefficient (Wildman–Crippen LogP) is 2.06. The Morgan fingerprint density at radius 3 is 2.90 bits per heavy atom. The topological polar surface area (TPSA) is 41.9 Å². The van der Waals surface area contributed by atoms with Gasteiger partial charge in [-0.1, -0.05) is 18.2 Å². The maximum absolute atomic E-state index is 9.26. The third kappa shape index (κ3) is 4.47. The van der Waals surface area contributed by atoms with Gasteiger partial charge >= 0.3 is 0 Å². The second-order valence-corrected chi connectivity index (χ2v) is 5.26. The molecule has 1 fully saturated rings. The van der Waals surface area contributed by atoms with Gasteiger partial charge in [-0.25, -0.2) is 0 Å². The van der Waals surface area contributed by atoms with Gasteiger partial charge in [-0.3, -0.25) is 4.90 Å². The Morgan fingerprint density at radius 1 is 1.35 bits per heavy atom. The van der Waals surface area contributed by atoms with Crippen molar-refractivity contribution in [1.29, 1.82) is 0 Å². The van der Waals surface area contributed by atoms with Crippen LogP contribution in [0.15, 0.2) is 24.3 Å². The molecule has 1 unspecified atom stereocenters. The summed E-state index contributed by atoms with van der Waals surface area (Å²) in [5.41, 5.74) is 1.15. The van der Waals surface area contributed by atoms with Crippen molar-refractivity contribution < 1.29 is 14.6 Å². The lowest BCUT2D eigenvalue weighted by atomic mass is 10.1. The fourth-order valence-corrected chi connectivity index (χ4v) is 2.69. The van der Waals surface area contributed by atoms with Crippen molar-refractivity contribution >= 4 is 0 Å². The number of aliphatic hydroxyl groups is 1. The average Bonchev–Trinajstić information content (AvgIpc) is 2.49. The number of aliphatic hydroxyl groups excluding tert-OH is 1. The summed E-state index contributed by atoms with van der Waals surface area (Å²) in [5, 5.41) is 9.26. The second kappa shape index (κ2) is 8.25. The van der Waals surface area contributed by atoms with Crippen LogP contribution >= 0.6 is 0 Å². The average molecular weight is 279 g/mol. The van der Waals surface area contributed by atoms with Crippen molar-refractivity contribution in [3.8, 4) is 5.75 Å². The summed E-state index contributed by atoms with van der Waals surface area (Å²) in [6, 6.07) is 8.05. The zero-order valence-electron chi connectivity index (χ0n) is 12.3. The van der Waals surface area contributed by atoms with E-state index in [2.05, 4.69) is 11.0 Å². The fourth-order valence-electron chi connectivity index (χ4n) is 2.69. The molecule has 0 radical (unpaired) electrons. The minimum Gasteiger partial charge on any atom is -0.496 e. The molecule has 1 heterocycles. The summed E-state index contributed by atoms with van der Waals surface area (Å²) in [4.78, 5) is 2.24. The molecule has 4 heteroatoms. The molecule has 0 spiro atoms. The molecule has 0 saturated carbocycles. The summed E-state index contributed by atoms with van der Waals surface area (Å²) < 4.78 is 11.2. The van der Waals surface area contributed by atoms with Crippen LogP contribution in [0.5, 0.6) is 5.75 Å². The number of benzene rings is 1. The van der Waals surface area contributed by atoms with E-state index in [4.69, 9.17) is 9.47 Å². The first-order chi connectivity index (χ1) is 9.83. The summed E-state index contributed by atoms with van der Waals surface area (Å²) >= 11 is 0. The lowest BCUT2D eigenvalue weighted by Crippen LogP contribution is -2.37. The lowest BCUT2D eigenvalue weighted by molar-refractivity contribution is -0.00959. The van der Waals surface area contributed by atoms with Gasteiger partial charge in [0.05, 0.1) is 19.8 Å². The predicted molar refractivity (Wildman–Crippen MR) is 78.9 cm³/mol. The van der Waals surface area contributed by atoms with Crippen LogP contribution in [0.2, 0.25) is 0 Å². The Balaban J connectivity index is 1.96. The molecular weight excluding hydrogens is 254 g/mol. The zero-order valence-corrected chi connectivity index (χ0v) is 12.3. The quantitative estimate of drug-likeness (QED) is 0.829. The molecule has 1 saturated heterocycles. The number of hydrogen-bond acceptors (Lipinski definition) is 4. The van der Waals surface area contributed by atoms with Gasteiger partial charge in [0.1, 0.15) is 5.75 Å². The SMILES string of the molecule is COc1ccccc1CN(CCO)CC1CCCCO1. The molecule has 1 aromatic rings. The highest BCUT2D eigenvalue weighted by molar-refractivity contribution is 5.33. The van der Waals surface area contributed by atoms with Crippen LogP contribution in [0, 0.1) is 0 Å². The summed E-state index contributed by atoms with van der Waals surface area (Å²) in [6.07, 6.45) is 3.83. The van der Waals surface area contributed by atoms with Gasteiger partial charge < -0.3 is 14.6 Å². The highest BCUT2D eigenvalue weighted by Crippen LogP contribution is 2.20. The molecule has 0 bridgehead atoms. The van der Waals surface area contributed by atoms with Crippen molar-refractivity contribution in [3.63, 3.8) is 0 Å². The van der Waals surface area contributed by atoms with E-state index < -0.39 is 0 Å². The van der Waals surface area contributed by atoms with Gasteiger partial charge in [-0.05, 0) is 25.3 Å². The maximum atomic E-state index is 9.26. The smallest absolute Gasteiger partial charge is 0.123 e. The number of ether oxygens (including phenoxy) is 2. The van der Waals surface area contributed by atoms with E-state index in [1.807, 2.05) is 18.2 Å². The monoisotopic (exact) mass is 279 g/mol. The summed E-state index contributed by atoms with van der Waals surface area (Å²) in [7, 11) is 1.69. The number of hydrogen-bond donors (Lipinski definition) is 1. The molecule has 0 aliphatic carbocycles. The normalized spacial score (nSPS) is 19.2. The molecule has 1 N–H and O–H groups in total. The van der Waals surface area contributed by atoms with Crippen molar-refractivity contribution in [3.05, 3.63) is 29.8 Å². The zero-order chi connectivity index (χ0) is 14.2. The first-order valence-corrected chi connectivity index (χ1v) is 7.40. The molecular formula is C16H25NO3. The van der Waals surface area contributed by atoms with Gasteiger partial charge in [-0.15, -0.1) is 0 Å². The van der Waals surface area contributed by atoms with Crippen molar-refractivity contribution in [2.75, 3.05) is 33.4 Å². The Morgan fingerprint density at radius 2 is 2.20 bits per heavy atom. The number of para-hydroxylation sites is 1. The standard InChI is InChI=1S/C16H25NO3/c1-19-16-8-3-2-6-14(16)12-17(9-10-18)13-15-7-4-5-11-20-15/h2-3,6,8,15,18H,4-5,7,9-13H2,1H3. The molecule has 0 amide bonds. The fraction of sp³-hybridized carbons (Fsp3) is 0.625. The van der Waals surface area contributed by atoms with Crippen molar-refractivity contribution in [1.82, 2.24) is 4.90 Å². The molecule has 0 aromatic heterocycles. The van der Waals surface area contributed by atoms with E-state index in [1.54, 1.807) is 7.11 Å². The van der Waals surface area contributed by atoms with Gasteiger partial charge in [0, 0.05) is 31.8 Å². The molecule has 1 aliphatic heterocycles. The van der Waals surface area contributed by atoms with E-state index in [0.717, 1.165) is 37.4 Å². The molecule has 4 nitrogen and oxygen atoms in total. The molecule has 1 aliphatic rings. The van der Waals surface area contributed by atoms with Crippen LogP contribution < -0.4 is 4.74 Å². The minimum atomic E-state index is 0.169.